The Morgan fingerprint density at radius 3 is 2.62 bits per heavy atom. The van der Waals surface area contributed by atoms with Gasteiger partial charge in [0.05, 0.1) is 17.6 Å². The Hall–Kier alpha value is -1.56. The van der Waals surface area contributed by atoms with Gasteiger partial charge in [-0.1, -0.05) is 19.8 Å². The number of rotatable bonds is 8. The van der Waals surface area contributed by atoms with Crippen LogP contribution in [0.5, 0.6) is 5.75 Å². The van der Waals surface area contributed by atoms with Gasteiger partial charge in [0.15, 0.2) is 9.84 Å². The Bertz CT molecular complexity index is 664. The van der Waals surface area contributed by atoms with E-state index in [1.165, 1.54) is 0 Å². The Morgan fingerprint density at radius 2 is 2.00 bits per heavy atom. The summed E-state index contributed by atoms with van der Waals surface area (Å²) in [5.74, 6) is 0.443. The SMILES string of the molecule is CCCOc1ccc(NC(=O)CCS(=O)(=O)C2CCCC2)c(C)c1. The summed E-state index contributed by atoms with van der Waals surface area (Å²) in [7, 11) is -3.16. The van der Waals surface area contributed by atoms with E-state index in [2.05, 4.69) is 5.32 Å². The minimum Gasteiger partial charge on any atom is -0.494 e. The summed E-state index contributed by atoms with van der Waals surface area (Å²) in [5.41, 5.74) is 1.60. The molecule has 24 heavy (non-hydrogen) atoms. The van der Waals surface area contributed by atoms with Crippen LogP contribution in [0.3, 0.4) is 0 Å². The van der Waals surface area contributed by atoms with E-state index in [0.717, 1.165) is 43.4 Å². The largest absolute Gasteiger partial charge is 0.494 e. The van der Waals surface area contributed by atoms with Crippen molar-refractivity contribution in [2.24, 2.45) is 0 Å². The first-order chi connectivity index (χ1) is 11.4. The molecule has 0 spiro atoms. The molecule has 5 nitrogen and oxygen atoms in total. The number of aryl methyl sites for hydroxylation is 1. The molecule has 0 unspecified atom stereocenters. The third kappa shape index (κ3) is 5.23. The minimum atomic E-state index is -3.16. The normalized spacial score (nSPS) is 15.4. The number of carbonyl (C=O) groups excluding carboxylic acids is 1. The third-order valence-electron chi connectivity index (χ3n) is 4.37. The van der Waals surface area contributed by atoms with Crippen molar-refractivity contribution in [2.75, 3.05) is 17.7 Å². The van der Waals surface area contributed by atoms with E-state index in [1.807, 2.05) is 26.0 Å². The molecule has 0 radical (unpaired) electrons. The molecular formula is C18H27NO4S. The van der Waals surface area contributed by atoms with E-state index in [0.29, 0.717) is 12.3 Å². The fourth-order valence-electron chi connectivity index (χ4n) is 2.95. The van der Waals surface area contributed by atoms with Gasteiger partial charge in [0, 0.05) is 12.1 Å². The molecule has 6 heteroatoms. The Morgan fingerprint density at radius 1 is 1.29 bits per heavy atom. The third-order valence-corrected chi connectivity index (χ3v) is 6.63. The quantitative estimate of drug-likeness (QED) is 0.777. The van der Waals surface area contributed by atoms with Crippen LogP contribution in [0.15, 0.2) is 18.2 Å². The number of carbonyl (C=O) groups is 1. The van der Waals surface area contributed by atoms with Crippen LogP contribution in [0.4, 0.5) is 5.69 Å². The van der Waals surface area contributed by atoms with Crippen LogP contribution in [-0.2, 0) is 14.6 Å². The Labute approximate surface area is 144 Å². The standard InChI is InChI=1S/C18H27NO4S/c1-3-11-23-15-8-9-17(14(2)13-15)19-18(20)10-12-24(21,22)16-6-4-5-7-16/h8-9,13,16H,3-7,10-12H2,1-2H3,(H,19,20). The molecule has 1 aliphatic rings. The van der Waals surface area contributed by atoms with Gasteiger partial charge in [-0.15, -0.1) is 0 Å². The summed E-state index contributed by atoms with van der Waals surface area (Å²) in [6.45, 7) is 4.59. The molecule has 134 valence electrons. The van der Waals surface area contributed by atoms with Crippen molar-refractivity contribution in [2.45, 2.75) is 57.6 Å². The maximum Gasteiger partial charge on any atom is 0.225 e. The number of amides is 1. The Balaban J connectivity index is 1.88. The van der Waals surface area contributed by atoms with Crippen molar-refractivity contribution in [3.63, 3.8) is 0 Å². The average molecular weight is 353 g/mol. The summed E-state index contributed by atoms with van der Waals surface area (Å²) >= 11 is 0. The molecular weight excluding hydrogens is 326 g/mol. The number of benzene rings is 1. The highest BCUT2D eigenvalue weighted by Crippen LogP contribution is 2.26. The molecule has 2 rings (SSSR count). The topological polar surface area (TPSA) is 72.5 Å². The highest BCUT2D eigenvalue weighted by Gasteiger charge is 2.28. The summed E-state index contributed by atoms with van der Waals surface area (Å²) in [5, 5.41) is 2.55. The zero-order valence-electron chi connectivity index (χ0n) is 14.5. The van der Waals surface area contributed by atoms with Crippen LogP contribution < -0.4 is 10.1 Å². The van der Waals surface area contributed by atoms with E-state index < -0.39 is 9.84 Å². The predicted octanol–water partition coefficient (Wildman–Crippen LogP) is 3.47. The van der Waals surface area contributed by atoms with Crippen molar-refractivity contribution in [1.82, 2.24) is 0 Å². The average Bonchev–Trinajstić information content (AvgIpc) is 3.09. The minimum absolute atomic E-state index is 0.00631. The fourth-order valence-corrected chi connectivity index (χ4v) is 4.80. The maximum atomic E-state index is 12.2. The zero-order chi connectivity index (χ0) is 17.6. The summed E-state index contributed by atoms with van der Waals surface area (Å²) in [4.78, 5) is 12.1. The molecule has 1 saturated carbocycles. The van der Waals surface area contributed by atoms with Crippen LogP contribution in [-0.4, -0.2) is 31.9 Å². The Kier molecular flexibility index (Phi) is 6.66. The van der Waals surface area contributed by atoms with Crippen molar-refractivity contribution in [3.8, 4) is 5.75 Å². The first-order valence-corrected chi connectivity index (χ1v) is 10.4. The van der Waals surface area contributed by atoms with Crippen molar-refractivity contribution < 1.29 is 17.9 Å². The van der Waals surface area contributed by atoms with Gasteiger partial charge in [-0.25, -0.2) is 8.42 Å². The van der Waals surface area contributed by atoms with Crippen molar-refractivity contribution >= 4 is 21.4 Å². The second kappa shape index (κ2) is 8.51. The molecule has 0 atom stereocenters. The number of anilines is 1. The van der Waals surface area contributed by atoms with E-state index in [4.69, 9.17) is 4.74 Å². The molecule has 0 heterocycles. The molecule has 0 aromatic heterocycles. The maximum absolute atomic E-state index is 12.2. The van der Waals surface area contributed by atoms with Gasteiger partial charge in [0.25, 0.3) is 0 Å². The van der Waals surface area contributed by atoms with Crippen LogP contribution >= 0.6 is 0 Å². The summed E-state index contributed by atoms with van der Waals surface area (Å²) in [6, 6.07) is 5.48. The second-order valence-corrected chi connectivity index (χ2v) is 8.80. The molecule has 1 aliphatic carbocycles. The molecule has 0 bridgehead atoms. The van der Waals surface area contributed by atoms with E-state index in [-0.39, 0.29) is 23.3 Å². The highest BCUT2D eigenvalue weighted by atomic mass is 32.2. The van der Waals surface area contributed by atoms with E-state index >= 15 is 0 Å². The highest BCUT2D eigenvalue weighted by molar-refractivity contribution is 7.92. The molecule has 1 amide bonds. The van der Waals surface area contributed by atoms with Gasteiger partial charge >= 0.3 is 0 Å². The van der Waals surface area contributed by atoms with E-state index in [9.17, 15) is 13.2 Å². The van der Waals surface area contributed by atoms with Crippen LogP contribution in [0.25, 0.3) is 0 Å². The van der Waals surface area contributed by atoms with Gasteiger partial charge in [0.1, 0.15) is 5.75 Å². The first-order valence-electron chi connectivity index (χ1n) is 8.67. The number of hydrogen-bond acceptors (Lipinski definition) is 4. The number of nitrogens with one attached hydrogen (secondary N) is 1. The summed E-state index contributed by atoms with van der Waals surface area (Å²) < 4.78 is 30.0. The van der Waals surface area contributed by atoms with Crippen molar-refractivity contribution in [1.29, 1.82) is 0 Å². The summed E-state index contributed by atoms with van der Waals surface area (Å²) in [6.07, 6.45) is 4.37. The smallest absolute Gasteiger partial charge is 0.225 e. The molecule has 1 N–H and O–H groups in total. The van der Waals surface area contributed by atoms with Gasteiger partial charge in [-0.2, -0.15) is 0 Å². The first kappa shape index (κ1) is 18.8. The van der Waals surface area contributed by atoms with Gasteiger partial charge < -0.3 is 10.1 Å². The predicted molar refractivity (Wildman–Crippen MR) is 96.3 cm³/mol. The van der Waals surface area contributed by atoms with Gasteiger partial charge in [-0.05, 0) is 49.9 Å². The van der Waals surface area contributed by atoms with Gasteiger partial charge in [0.2, 0.25) is 5.91 Å². The molecule has 0 saturated heterocycles. The lowest BCUT2D eigenvalue weighted by atomic mass is 10.2. The van der Waals surface area contributed by atoms with E-state index in [1.54, 1.807) is 6.07 Å². The zero-order valence-corrected chi connectivity index (χ0v) is 15.3. The lowest BCUT2D eigenvalue weighted by Crippen LogP contribution is -2.24. The number of ether oxygens (including phenoxy) is 1. The molecule has 1 aromatic carbocycles. The molecule has 1 fully saturated rings. The second-order valence-electron chi connectivity index (χ2n) is 6.40. The molecule has 0 aliphatic heterocycles. The number of hydrogen-bond donors (Lipinski definition) is 1. The van der Waals surface area contributed by atoms with Gasteiger partial charge in [-0.3, -0.25) is 4.79 Å². The fraction of sp³-hybridized carbons (Fsp3) is 0.611. The van der Waals surface area contributed by atoms with Crippen LogP contribution in [0.2, 0.25) is 0 Å². The lowest BCUT2D eigenvalue weighted by molar-refractivity contribution is -0.115. The van der Waals surface area contributed by atoms with Crippen LogP contribution in [0.1, 0.15) is 51.0 Å². The number of sulfone groups is 1. The van der Waals surface area contributed by atoms with Crippen molar-refractivity contribution in [3.05, 3.63) is 23.8 Å². The monoisotopic (exact) mass is 353 g/mol. The van der Waals surface area contributed by atoms with Crippen LogP contribution in [0, 0.1) is 6.92 Å². The lowest BCUT2D eigenvalue weighted by Gasteiger charge is -2.13. The molecule has 1 aromatic rings.